The van der Waals surface area contributed by atoms with Crippen molar-refractivity contribution in [3.8, 4) is 0 Å². The van der Waals surface area contributed by atoms with Gasteiger partial charge in [0.2, 0.25) is 0 Å². The molecule has 1 rings (SSSR count). The van der Waals surface area contributed by atoms with E-state index in [1.54, 1.807) is 6.08 Å². The number of carbonyl (C=O) groups excluding carboxylic acids is 3. The largest absolute Gasteiger partial charge is 0.463 e. The molecule has 0 heterocycles. The molecular formula is C28H55NO10S. The summed E-state index contributed by atoms with van der Waals surface area (Å²) in [6.45, 7) is 11.4. The molecule has 1 fully saturated rings. The number of hydrogen-bond acceptors (Lipinski definition) is 11. The lowest BCUT2D eigenvalue weighted by atomic mass is 9.97. The van der Waals surface area contributed by atoms with E-state index in [4.69, 9.17) is 33.2 Å². The van der Waals surface area contributed by atoms with Gasteiger partial charge in [0.15, 0.2) is 0 Å². The maximum Gasteiger partial charge on any atom is 0.407 e. The van der Waals surface area contributed by atoms with Gasteiger partial charge in [-0.15, -0.1) is 6.58 Å². The molecule has 0 aromatic carbocycles. The van der Waals surface area contributed by atoms with Crippen LogP contribution in [-0.4, -0.2) is 108 Å². The Morgan fingerprint density at radius 3 is 1.68 bits per heavy atom. The monoisotopic (exact) mass is 597 g/mol. The van der Waals surface area contributed by atoms with Crippen LogP contribution in [0.15, 0.2) is 12.7 Å². The summed E-state index contributed by atoms with van der Waals surface area (Å²) in [4.78, 5) is 33.8. The molecule has 0 aromatic rings. The Labute approximate surface area is 247 Å². The van der Waals surface area contributed by atoms with Gasteiger partial charge in [0, 0.05) is 19.6 Å². The fraction of sp³-hybridized carbons (Fsp3) is 0.821. The summed E-state index contributed by atoms with van der Waals surface area (Å²) < 4.78 is 37.2. The van der Waals surface area contributed by atoms with Crippen LogP contribution in [0.25, 0.3) is 0 Å². The maximum absolute atomic E-state index is 11.7. The van der Waals surface area contributed by atoms with Gasteiger partial charge in [0.25, 0.3) is 0 Å². The molecule has 238 valence electrons. The van der Waals surface area contributed by atoms with E-state index < -0.39 is 12.1 Å². The normalized spacial score (nSPS) is 16.1. The van der Waals surface area contributed by atoms with E-state index in [0.29, 0.717) is 71.3 Å². The molecule has 0 unspecified atom stereocenters. The zero-order valence-corrected chi connectivity index (χ0v) is 24.6. The summed E-state index contributed by atoms with van der Waals surface area (Å²) in [5.41, 5.74) is 0. The Morgan fingerprint density at radius 1 is 0.800 bits per heavy atom. The Morgan fingerprint density at radius 2 is 1.23 bits per heavy atom. The summed E-state index contributed by atoms with van der Waals surface area (Å²) in [5, 5.41) is 3.11. The smallest absolute Gasteiger partial charge is 0.407 e. The number of ether oxygens (including phenoxy) is 7. The standard InChI is InChI=1S/C24H43NO10S.C3H6.CH4.H2/c1-20(26)2-7-23(27)34-19-18-33-17-16-32-15-14-31-13-12-30-11-10-29-9-8-25-24(28)35-21-3-5-22(36)6-4-21;1-3-2;;/h21-22,36H,2-19H2,1H3,(H,25,28);3H,1H2,2H3;1H4;1H. The number of Topliss-reactive ketones (excluding diaryl/α,β-unsaturated/α-hetero) is 1. The molecule has 1 N–H and O–H groups in total. The van der Waals surface area contributed by atoms with Gasteiger partial charge in [-0.05, 0) is 39.5 Å². The highest BCUT2D eigenvalue weighted by Gasteiger charge is 2.21. The summed E-state index contributed by atoms with van der Waals surface area (Å²) in [5.74, 6) is -0.432. The molecule has 0 spiro atoms. The fourth-order valence-corrected chi connectivity index (χ4v) is 3.43. The third-order valence-corrected chi connectivity index (χ3v) is 5.61. The van der Waals surface area contributed by atoms with Gasteiger partial charge in [-0.25, -0.2) is 4.79 Å². The number of ketones is 1. The number of thiol groups is 1. The van der Waals surface area contributed by atoms with Crippen molar-refractivity contribution in [1.29, 1.82) is 0 Å². The summed E-state index contributed by atoms with van der Waals surface area (Å²) in [6, 6.07) is 0. The minimum Gasteiger partial charge on any atom is -0.463 e. The molecular weight excluding hydrogens is 542 g/mol. The van der Waals surface area contributed by atoms with Crippen LogP contribution >= 0.6 is 12.6 Å². The molecule has 11 nitrogen and oxygen atoms in total. The Bertz CT molecular complexity index is 637. The van der Waals surface area contributed by atoms with Crippen molar-refractivity contribution in [3.05, 3.63) is 12.7 Å². The quantitative estimate of drug-likeness (QED) is 0.0817. The number of rotatable bonds is 22. The first kappa shape index (κ1) is 40.4. The van der Waals surface area contributed by atoms with Gasteiger partial charge >= 0.3 is 12.1 Å². The third-order valence-electron chi connectivity index (χ3n) is 5.09. The summed E-state index contributed by atoms with van der Waals surface area (Å²) >= 11 is 4.44. The minimum atomic E-state index is -0.396. The lowest BCUT2D eigenvalue weighted by Crippen LogP contribution is -2.33. The number of amides is 1. The van der Waals surface area contributed by atoms with Crippen molar-refractivity contribution in [2.24, 2.45) is 0 Å². The van der Waals surface area contributed by atoms with E-state index >= 15 is 0 Å². The van der Waals surface area contributed by atoms with Crippen LogP contribution in [0.5, 0.6) is 0 Å². The first-order chi connectivity index (χ1) is 18.9. The van der Waals surface area contributed by atoms with Crippen LogP contribution in [0, 0.1) is 0 Å². The second-order valence-electron chi connectivity index (χ2n) is 8.66. The highest BCUT2D eigenvalue weighted by molar-refractivity contribution is 7.80. The van der Waals surface area contributed by atoms with Crippen molar-refractivity contribution >= 4 is 30.5 Å². The second-order valence-corrected chi connectivity index (χ2v) is 9.39. The van der Waals surface area contributed by atoms with Gasteiger partial charge in [-0.1, -0.05) is 13.5 Å². The molecule has 1 aliphatic rings. The predicted octanol–water partition coefficient (Wildman–Crippen LogP) is 4.02. The van der Waals surface area contributed by atoms with E-state index in [-0.39, 0.29) is 46.8 Å². The Kier molecular flexibility index (Phi) is 30.6. The molecule has 0 aromatic heterocycles. The van der Waals surface area contributed by atoms with E-state index in [1.165, 1.54) is 6.92 Å². The summed E-state index contributed by atoms with van der Waals surface area (Å²) in [6.07, 6.45) is 5.35. The molecule has 12 heteroatoms. The van der Waals surface area contributed by atoms with Crippen molar-refractivity contribution in [1.82, 2.24) is 5.32 Å². The molecule has 1 aliphatic carbocycles. The van der Waals surface area contributed by atoms with Crippen molar-refractivity contribution in [3.63, 3.8) is 0 Å². The van der Waals surface area contributed by atoms with Crippen molar-refractivity contribution < 1.29 is 49.0 Å². The number of nitrogens with one attached hydrogen (secondary N) is 1. The lowest BCUT2D eigenvalue weighted by Gasteiger charge is -2.25. The first-order valence-corrected chi connectivity index (χ1v) is 14.1. The van der Waals surface area contributed by atoms with Crippen LogP contribution < -0.4 is 5.32 Å². The van der Waals surface area contributed by atoms with E-state index in [2.05, 4.69) is 24.5 Å². The Balaban J connectivity index is -0.00000276. The second kappa shape index (κ2) is 30.3. The van der Waals surface area contributed by atoms with Crippen LogP contribution in [0.1, 0.15) is 61.2 Å². The maximum atomic E-state index is 11.7. The van der Waals surface area contributed by atoms with Crippen molar-refractivity contribution in [2.45, 2.75) is 71.2 Å². The number of carbonyl (C=O) groups is 3. The average Bonchev–Trinajstić information content (AvgIpc) is 2.90. The van der Waals surface area contributed by atoms with Crippen LogP contribution in [0.2, 0.25) is 0 Å². The van der Waals surface area contributed by atoms with Crippen molar-refractivity contribution in [2.75, 3.05) is 79.2 Å². The van der Waals surface area contributed by atoms with Crippen LogP contribution in [0.4, 0.5) is 4.79 Å². The number of allylic oxidation sites excluding steroid dienone is 1. The van der Waals surface area contributed by atoms with Crippen LogP contribution in [-0.2, 0) is 42.7 Å². The highest BCUT2D eigenvalue weighted by Crippen LogP contribution is 2.24. The van der Waals surface area contributed by atoms with Gasteiger partial charge in [0.1, 0.15) is 18.5 Å². The molecule has 1 amide bonds. The molecule has 0 saturated heterocycles. The third kappa shape index (κ3) is 29.3. The number of hydrogen-bond donors (Lipinski definition) is 2. The molecule has 1 saturated carbocycles. The zero-order chi connectivity index (χ0) is 29.0. The SMILES string of the molecule is C.C=CC.CC(=O)CCC(=O)OCCOCCOCCOCCOCCOCCNC(=O)OC1CCC(S)CC1.[HH]. The van der Waals surface area contributed by atoms with Crippen LogP contribution in [0.3, 0.4) is 0 Å². The minimum absolute atomic E-state index is 0. The molecule has 0 radical (unpaired) electrons. The zero-order valence-electron chi connectivity index (χ0n) is 23.7. The van der Waals surface area contributed by atoms with E-state index in [0.717, 1.165) is 25.7 Å². The number of esters is 1. The van der Waals surface area contributed by atoms with Gasteiger partial charge in [0.05, 0.1) is 72.5 Å². The Hall–Kier alpha value is -1.70. The fourth-order valence-electron chi connectivity index (χ4n) is 3.13. The average molecular weight is 598 g/mol. The highest BCUT2D eigenvalue weighted by atomic mass is 32.1. The first-order valence-electron chi connectivity index (χ1n) is 13.6. The van der Waals surface area contributed by atoms with E-state index in [1.807, 2.05) is 6.92 Å². The molecule has 0 bridgehead atoms. The predicted molar refractivity (Wildman–Crippen MR) is 159 cm³/mol. The van der Waals surface area contributed by atoms with Gasteiger partial charge in [-0.2, -0.15) is 12.6 Å². The van der Waals surface area contributed by atoms with E-state index in [9.17, 15) is 14.4 Å². The van der Waals surface area contributed by atoms with Gasteiger partial charge < -0.3 is 43.3 Å². The van der Waals surface area contributed by atoms with Gasteiger partial charge in [-0.3, -0.25) is 4.79 Å². The topological polar surface area (TPSA) is 128 Å². The number of alkyl carbamates (subject to hydrolysis) is 1. The lowest BCUT2D eigenvalue weighted by molar-refractivity contribution is -0.146. The summed E-state index contributed by atoms with van der Waals surface area (Å²) in [7, 11) is 0. The molecule has 0 atom stereocenters. The molecule has 40 heavy (non-hydrogen) atoms. The molecule has 0 aliphatic heterocycles.